The average Bonchev–Trinajstić information content (AvgIpc) is 0. The van der Waals surface area contributed by atoms with Crippen LogP contribution < -0.4 is 18.9 Å². The summed E-state index contributed by atoms with van der Waals surface area (Å²) in [6, 6.07) is 0. The maximum Gasteiger partial charge on any atom is 2.00 e. The molecule has 0 spiro atoms. The molecular weight excluding hydrogens is 292 g/mol. The first-order valence-electron chi connectivity index (χ1n) is 0. The molecule has 11 heavy (non-hydrogen) atoms. The summed E-state index contributed by atoms with van der Waals surface area (Å²) in [5.74, 6) is 0. The van der Waals surface area contributed by atoms with Crippen LogP contribution in [0.5, 0.6) is 0 Å². The van der Waals surface area contributed by atoms with E-state index in [1.165, 1.54) is 0 Å². The van der Waals surface area contributed by atoms with Gasteiger partial charge < -0.3 is 38.3 Å². The van der Waals surface area contributed by atoms with E-state index < -0.39 is 0 Å². The summed E-state index contributed by atoms with van der Waals surface area (Å²) in [6.07, 6.45) is 0. The van der Waals surface area contributed by atoms with Gasteiger partial charge in [0.15, 0.2) is 0 Å². The number of hydrogen-bond acceptors (Lipinski definition) is 7. The molecule has 7 nitrogen and oxygen atoms in total. The molecule has 0 aromatic heterocycles. The Hall–Kier alpha value is 1.82. The van der Waals surface area contributed by atoms with Gasteiger partial charge in [0.2, 0.25) is 0 Å². The van der Waals surface area contributed by atoms with Crippen molar-refractivity contribution in [1.82, 2.24) is 0 Å². The van der Waals surface area contributed by atoms with E-state index >= 15 is 0 Å². The first-order valence-corrected chi connectivity index (χ1v) is 0. The zero-order valence-corrected chi connectivity index (χ0v) is 8.20. The van der Waals surface area contributed by atoms with Crippen LogP contribution in [0.1, 0.15) is 0 Å². The van der Waals surface area contributed by atoms with Crippen LogP contribution in [-0.4, -0.2) is 38.3 Å². The Bertz CT molecular complexity index is 16.4. The maximum absolute atomic E-state index is 0. The Morgan fingerprint density at radius 3 is 0.364 bits per heavy atom. The number of rotatable bonds is 0. The van der Waals surface area contributed by atoms with Crippen molar-refractivity contribution in [3.05, 3.63) is 0 Å². The average molecular weight is 299 g/mol. The molecule has 0 aliphatic heterocycles. The van der Waals surface area contributed by atoms with Crippen molar-refractivity contribution in [2.24, 2.45) is 0 Å². The quantitative estimate of drug-likeness (QED) is 0.401. The van der Waals surface area contributed by atoms with Gasteiger partial charge in [0.05, 0.1) is 0 Å². The van der Waals surface area contributed by atoms with Crippen molar-refractivity contribution in [3.63, 3.8) is 0 Å². The first-order chi connectivity index (χ1) is 0. The second-order valence-corrected chi connectivity index (χ2v) is 0. The van der Waals surface area contributed by atoms with Crippen LogP contribution in [0, 0.1) is 0 Å². The van der Waals surface area contributed by atoms with Crippen LogP contribution in [0.25, 0.3) is 0 Å². The van der Waals surface area contributed by atoms with Crippen LogP contribution in [-0.2, 0) is 50.1 Å². The van der Waals surface area contributed by atoms with Crippen LogP contribution in [0.15, 0.2) is 0 Å². The van der Waals surface area contributed by atoms with Crippen LogP contribution in [0.4, 0.5) is 0 Å². The summed E-state index contributed by atoms with van der Waals surface area (Å²) in [5.41, 5.74) is 0. The van der Waals surface area contributed by atoms with Crippen LogP contribution in [0.2, 0.25) is 0 Å². The molecule has 0 rings (SSSR count). The fourth-order valence-corrected chi connectivity index (χ4v) is 0. The topological polar surface area (TPSA) is 210 Å². The van der Waals surface area contributed by atoms with Gasteiger partial charge in [-0.05, 0) is 0 Å². The smallest absolute Gasteiger partial charge is 0.870 e. The molecule has 0 bridgehead atoms. The second kappa shape index (κ2) is 416. The molecule has 0 saturated heterocycles. The minimum Gasteiger partial charge on any atom is -0.870 e. The van der Waals surface area contributed by atoms with Crippen molar-refractivity contribution in [2.45, 2.75) is 0 Å². The van der Waals surface area contributed by atoms with E-state index in [1.807, 2.05) is 0 Å². The molecular formula is H7FeLiNi2O7. The van der Waals surface area contributed by atoms with Gasteiger partial charge in [0, 0.05) is 0 Å². The van der Waals surface area contributed by atoms with Gasteiger partial charge in [-0.3, -0.25) is 0 Å². The molecule has 0 aliphatic rings. The fraction of sp³-hybridized carbons (Fsp3) is 0. The normalized spacial score (nSPS) is 0. The first kappa shape index (κ1) is 539. The summed E-state index contributed by atoms with van der Waals surface area (Å²) in [4.78, 5) is 0. The molecule has 0 atom stereocenters. The molecule has 0 fully saturated rings. The van der Waals surface area contributed by atoms with Crippen molar-refractivity contribution < 1.29 is 107 Å². The molecule has 0 amide bonds. The molecule has 11 heteroatoms. The van der Waals surface area contributed by atoms with E-state index in [-0.39, 0.29) is 107 Å². The fourth-order valence-electron chi connectivity index (χ4n) is 0. The molecule has 0 heterocycles. The molecule has 0 saturated carbocycles. The summed E-state index contributed by atoms with van der Waals surface area (Å²) in [5, 5.41) is 0. The summed E-state index contributed by atoms with van der Waals surface area (Å²) in [6.45, 7) is 0. The minimum atomic E-state index is 0. The Morgan fingerprint density at radius 1 is 0.364 bits per heavy atom. The minimum absolute atomic E-state index is 0. The molecule has 0 aliphatic carbocycles. The Balaban J connectivity index is 0. The van der Waals surface area contributed by atoms with E-state index in [1.54, 1.807) is 0 Å². The summed E-state index contributed by atoms with van der Waals surface area (Å²) >= 11 is 0. The third-order valence-electron chi connectivity index (χ3n) is 0. The molecule has 0 unspecified atom stereocenters. The van der Waals surface area contributed by atoms with E-state index in [2.05, 4.69) is 0 Å². The zero-order chi connectivity index (χ0) is 0. The van der Waals surface area contributed by atoms with Crippen molar-refractivity contribution in [3.8, 4) is 0 Å². The molecule has 0 aromatic carbocycles. The Kier molecular flexibility index (Phi) is 20400. The second-order valence-electron chi connectivity index (χ2n) is 0. The maximum atomic E-state index is 0. The van der Waals surface area contributed by atoms with Crippen molar-refractivity contribution in [2.75, 3.05) is 0 Å². The monoisotopic (exact) mass is 298 g/mol. The van der Waals surface area contributed by atoms with E-state index in [4.69, 9.17) is 0 Å². The van der Waals surface area contributed by atoms with Gasteiger partial charge in [0.25, 0.3) is 0 Å². The van der Waals surface area contributed by atoms with Gasteiger partial charge in [-0.25, -0.2) is 0 Å². The molecule has 78 valence electrons. The Morgan fingerprint density at radius 2 is 0.364 bits per heavy atom. The zero-order valence-electron chi connectivity index (χ0n) is 5.12. The summed E-state index contributed by atoms with van der Waals surface area (Å²) in [7, 11) is 0. The van der Waals surface area contributed by atoms with Crippen molar-refractivity contribution >= 4 is 0 Å². The van der Waals surface area contributed by atoms with E-state index in [0.717, 1.165) is 0 Å². The number of hydrogen-bond donors (Lipinski definition) is 0. The Labute approximate surface area is 107 Å². The van der Waals surface area contributed by atoms with Gasteiger partial charge in [0.1, 0.15) is 0 Å². The molecule has 0 radical (unpaired) electrons. The summed E-state index contributed by atoms with van der Waals surface area (Å²) < 4.78 is 0. The van der Waals surface area contributed by atoms with E-state index in [9.17, 15) is 0 Å². The van der Waals surface area contributed by atoms with Gasteiger partial charge >= 0.3 is 68.9 Å². The van der Waals surface area contributed by atoms with Crippen molar-refractivity contribution in [1.29, 1.82) is 0 Å². The standard InChI is InChI=1S/Fe.Li.2Ni.7H2O/h;;;;7*1H2/q+2;+1;2*+2;;;;;;;/p-7. The molecule has 7 N–H and O–H groups in total. The van der Waals surface area contributed by atoms with Crippen LogP contribution in [0.3, 0.4) is 0 Å². The predicted octanol–water partition coefficient (Wildman–Crippen LogP) is -4.24. The van der Waals surface area contributed by atoms with Gasteiger partial charge in [-0.1, -0.05) is 0 Å². The SMILES string of the molecule is [Fe+2].[Li+].[Ni+2].[Ni+2].[OH-].[OH-].[OH-].[OH-].[OH-].[OH-].[OH-]. The predicted molar refractivity (Wildman–Crippen MR) is 13.6 cm³/mol. The van der Waals surface area contributed by atoms with Gasteiger partial charge in [-0.15, -0.1) is 0 Å². The largest absolute Gasteiger partial charge is 2.00 e. The third kappa shape index (κ3) is 343. The van der Waals surface area contributed by atoms with Crippen LogP contribution >= 0.6 is 0 Å². The van der Waals surface area contributed by atoms with Gasteiger partial charge in [-0.2, -0.15) is 0 Å². The molecule has 0 aromatic rings. The van der Waals surface area contributed by atoms with E-state index in [0.29, 0.717) is 0 Å². The third-order valence-corrected chi connectivity index (χ3v) is 0.